The minimum atomic E-state index is 0.337. The number of piperidine rings is 1. The average Bonchev–Trinajstić information content (AvgIpc) is 2.50. The molecule has 0 unspecified atom stereocenters. The quantitative estimate of drug-likeness (QED) is 0.910. The van der Waals surface area contributed by atoms with Crippen LogP contribution in [-0.4, -0.2) is 36.6 Å². The number of likely N-dealkylation sites (tertiary alicyclic amines) is 1. The van der Waals surface area contributed by atoms with Gasteiger partial charge in [0.25, 0.3) is 0 Å². The van der Waals surface area contributed by atoms with Gasteiger partial charge in [-0.2, -0.15) is 0 Å². The van der Waals surface area contributed by atoms with Crippen LogP contribution in [0.25, 0.3) is 10.9 Å². The number of para-hydroxylation sites is 1. The lowest BCUT2D eigenvalue weighted by molar-refractivity contribution is 0.150. The van der Waals surface area contributed by atoms with Crippen LogP contribution in [0.2, 0.25) is 0 Å². The summed E-state index contributed by atoms with van der Waals surface area (Å²) >= 11 is 0. The molecule has 0 atom stereocenters. The summed E-state index contributed by atoms with van der Waals surface area (Å²) < 4.78 is 0. The predicted molar refractivity (Wildman–Crippen MR) is 89.5 cm³/mol. The fourth-order valence-corrected chi connectivity index (χ4v) is 2.99. The van der Waals surface area contributed by atoms with Gasteiger partial charge in [-0.25, -0.2) is 0 Å². The maximum absolute atomic E-state index is 6.13. The van der Waals surface area contributed by atoms with Crippen LogP contribution in [0.5, 0.6) is 0 Å². The SMILES string of the molecule is CN1CCC(C)(CNc2c(N)cnc3ccccc23)CC1. The number of nitrogens with one attached hydrogen (secondary N) is 1. The van der Waals surface area contributed by atoms with Gasteiger partial charge in [-0.1, -0.05) is 25.1 Å². The Kier molecular flexibility index (Phi) is 3.72. The Labute approximate surface area is 126 Å². The molecular weight excluding hydrogens is 260 g/mol. The third-order valence-corrected chi connectivity index (χ3v) is 4.69. The third kappa shape index (κ3) is 2.95. The van der Waals surface area contributed by atoms with Gasteiger partial charge in [0.2, 0.25) is 0 Å². The van der Waals surface area contributed by atoms with E-state index in [9.17, 15) is 0 Å². The molecule has 4 heteroatoms. The van der Waals surface area contributed by atoms with E-state index in [1.165, 1.54) is 25.9 Å². The van der Waals surface area contributed by atoms with Crippen LogP contribution in [0.15, 0.2) is 30.5 Å². The van der Waals surface area contributed by atoms with E-state index in [0.29, 0.717) is 5.41 Å². The lowest BCUT2D eigenvalue weighted by Gasteiger charge is -2.38. The first-order valence-corrected chi connectivity index (χ1v) is 7.63. The maximum atomic E-state index is 6.13. The molecule has 112 valence electrons. The number of hydrogen-bond donors (Lipinski definition) is 2. The average molecular weight is 284 g/mol. The van der Waals surface area contributed by atoms with Crippen LogP contribution in [-0.2, 0) is 0 Å². The molecule has 2 heterocycles. The lowest BCUT2D eigenvalue weighted by atomic mass is 9.80. The number of aromatic nitrogens is 1. The van der Waals surface area contributed by atoms with Crippen LogP contribution in [0.4, 0.5) is 11.4 Å². The summed E-state index contributed by atoms with van der Waals surface area (Å²) in [6, 6.07) is 8.15. The van der Waals surface area contributed by atoms with Crippen molar-refractivity contribution in [3.63, 3.8) is 0 Å². The summed E-state index contributed by atoms with van der Waals surface area (Å²) in [6.07, 6.45) is 4.19. The number of pyridine rings is 1. The molecule has 4 nitrogen and oxygen atoms in total. The third-order valence-electron chi connectivity index (χ3n) is 4.69. The highest BCUT2D eigenvalue weighted by atomic mass is 15.1. The zero-order valence-electron chi connectivity index (χ0n) is 12.9. The van der Waals surface area contributed by atoms with Crippen molar-refractivity contribution < 1.29 is 0 Å². The van der Waals surface area contributed by atoms with Crippen LogP contribution in [0, 0.1) is 5.41 Å². The number of nitrogen functional groups attached to an aromatic ring is 1. The Morgan fingerprint density at radius 2 is 2.00 bits per heavy atom. The molecule has 0 amide bonds. The molecule has 1 aromatic carbocycles. The molecule has 0 radical (unpaired) electrons. The Morgan fingerprint density at radius 1 is 1.29 bits per heavy atom. The topological polar surface area (TPSA) is 54.2 Å². The highest BCUT2D eigenvalue weighted by molar-refractivity contribution is 5.96. The van der Waals surface area contributed by atoms with Crippen molar-refractivity contribution in [3.8, 4) is 0 Å². The zero-order chi connectivity index (χ0) is 14.9. The van der Waals surface area contributed by atoms with Crippen LogP contribution in [0.3, 0.4) is 0 Å². The number of anilines is 2. The first-order valence-electron chi connectivity index (χ1n) is 7.63. The normalized spacial score (nSPS) is 18.8. The van der Waals surface area contributed by atoms with Gasteiger partial charge in [-0.05, 0) is 44.5 Å². The lowest BCUT2D eigenvalue weighted by Crippen LogP contribution is -2.40. The van der Waals surface area contributed by atoms with Crippen molar-refractivity contribution in [1.82, 2.24) is 9.88 Å². The standard InChI is InChI=1S/C17H24N4/c1-17(7-9-21(2)10-8-17)12-20-16-13-5-3-4-6-15(13)19-11-14(16)18/h3-6,11H,7-10,12,18H2,1-2H3,(H,19,20). The molecule has 3 rings (SSSR count). The van der Waals surface area contributed by atoms with E-state index in [1.54, 1.807) is 6.20 Å². The molecule has 1 aliphatic rings. The molecule has 21 heavy (non-hydrogen) atoms. The Bertz CT molecular complexity index is 630. The molecule has 3 N–H and O–H groups in total. The van der Waals surface area contributed by atoms with Crippen molar-refractivity contribution in [2.24, 2.45) is 5.41 Å². The Hall–Kier alpha value is -1.81. The zero-order valence-corrected chi connectivity index (χ0v) is 12.9. The highest BCUT2D eigenvalue weighted by Gasteiger charge is 2.28. The first kappa shape index (κ1) is 14.1. The number of nitrogens with two attached hydrogens (primary N) is 1. The van der Waals surface area contributed by atoms with Crippen LogP contribution < -0.4 is 11.1 Å². The summed E-state index contributed by atoms with van der Waals surface area (Å²) in [5.74, 6) is 0. The molecule has 0 bridgehead atoms. The molecule has 1 fully saturated rings. The summed E-state index contributed by atoms with van der Waals surface area (Å²) in [4.78, 5) is 6.79. The molecule has 2 aromatic rings. The van der Waals surface area contributed by atoms with E-state index in [0.717, 1.165) is 28.8 Å². The van der Waals surface area contributed by atoms with Gasteiger partial charge in [0.05, 0.1) is 23.1 Å². The van der Waals surface area contributed by atoms with E-state index in [4.69, 9.17) is 5.73 Å². The molecular formula is C17H24N4. The van der Waals surface area contributed by atoms with Gasteiger partial charge in [0.15, 0.2) is 0 Å². The number of fused-ring (bicyclic) bond motifs is 1. The van der Waals surface area contributed by atoms with Gasteiger partial charge >= 0.3 is 0 Å². The van der Waals surface area contributed by atoms with E-state index in [1.807, 2.05) is 18.2 Å². The van der Waals surface area contributed by atoms with E-state index in [2.05, 4.69) is 35.2 Å². The number of rotatable bonds is 3. The summed E-state index contributed by atoms with van der Waals surface area (Å²) in [5.41, 5.74) is 9.22. The van der Waals surface area contributed by atoms with Crippen molar-refractivity contribution in [1.29, 1.82) is 0 Å². The molecule has 1 aliphatic heterocycles. The summed E-state index contributed by atoms with van der Waals surface area (Å²) in [7, 11) is 2.20. The van der Waals surface area contributed by atoms with Gasteiger partial charge in [-0.3, -0.25) is 4.98 Å². The molecule has 0 saturated carbocycles. The number of benzene rings is 1. The molecule has 1 saturated heterocycles. The highest BCUT2D eigenvalue weighted by Crippen LogP contribution is 2.33. The van der Waals surface area contributed by atoms with Gasteiger partial charge in [-0.15, -0.1) is 0 Å². The van der Waals surface area contributed by atoms with E-state index >= 15 is 0 Å². The summed E-state index contributed by atoms with van der Waals surface area (Å²) in [6.45, 7) is 5.67. The summed E-state index contributed by atoms with van der Waals surface area (Å²) in [5, 5.41) is 4.70. The van der Waals surface area contributed by atoms with Crippen molar-refractivity contribution in [2.45, 2.75) is 19.8 Å². The maximum Gasteiger partial charge on any atom is 0.0743 e. The first-order chi connectivity index (χ1) is 10.1. The van der Waals surface area contributed by atoms with Gasteiger partial charge in [0.1, 0.15) is 0 Å². The minimum Gasteiger partial charge on any atom is -0.396 e. The van der Waals surface area contributed by atoms with Crippen molar-refractivity contribution in [2.75, 3.05) is 37.7 Å². The van der Waals surface area contributed by atoms with Crippen molar-refractivity contribution in [3.05, 3.63) is 30.5 Å². The second-order valence-corrected chi connectivity index (χ2v) is 6.57. The van der Waals surface area contributed by atoms with Crippen molar-refractivity contribution >= 4 is 22.3 Å². The van der Waals surface area contributed by atoms with E-state index < -0.39 is 0 Å². The molecule has 1 aromatic heterocycles. The second-order valence-electron chi connectivity index (χ2n) is 6.57. The fraction of sp³-hybridized carbons (Fsp3) is 0.471. The van der Waals surface area contributed by atoms with E-state index in [-0.39, 0.29) is 0 Å². The van der Waals surface area contributed by atoms with Crippen LogP contribution >= 0.6 is 0 Å². The Balaban J connectivity index is 1.80. The number of nitrogens with zero attached hydrogens (tertiary/aromatic N) is 2. The Morgan fingerprint density at radius 3 is 2.76 bits per heavy atom. The minimum absolute atomic E-state index is 0.337. The second kappa shape index (κ2) is 5.53. The predicted octanol–water partition coefficient (Wildman–Crippen LogP) is 2.96. The largest absolute Gasteiger partial charge is 0.396 e. The van der Waals surface area contributed by atoms with Gasteiger partial charge < -0.3 is 16.0 Å². The van der Waals surface area contributed by atoms with Gasteiger partial charge in [0, 0.05) is 11.9 Å². The van der Waals surface area contributed by atoms with Crippen LogP contribution in [0.1, 0.15) is 19.8 Å². The molecule has 0 spiro atoms. The number of hydrogen-bond acceptors (Lipinski definition) is 4. The monoisotopic (exact) mass is 284 g/mol. The fourth-order valence-electron chi connectivity index (χ4n) is 2.99. The molecule has 0 aliphatic carbocycles. The smallest absolute Gasteiger partial charge is 0.0743 e.